The van der Waals surface area contributed by atoms with Crippen LogP contribution in [-0.4, -0.2) is 52.7 Å². The Morgan fingerprint density at radius 3 is 2.50 bits per heavy atom. The number of nitrogens with zero attached hydrogens (tertiary/aromatic N) is 2. The maximum absolute atomic E-state index is 11.8. The molecule has 0 aliphatic heterocycles. The van der Waals surface area contributed by atoms with Crippen LogP contribution in [0.1, 0.15) is 31.1 Å². The Bertz CT molecular complexity index is 639. The minimum Gasteiger partial charge on any atom is -0.478 e. The molecule has 0 bridgehead atoms. The Morgan fingerprint density at radius 1 is 1.38 bits per heavy atom. The molecule has 0 aromatic heterocycles. The van der Waals surface area contributed by atoms with Crippen molar-refractivity contribution in [1.29, 1.82) is 0 Å². The molecule has 0 radical (unpaired) electrons. The lowest BCUT2D eigenvalue weighted by atomic mass is 10.1. The van der Waals surface area contributed by atoms with Crippen LogP contribution in [0.2, 0.25) is 0 Å². The Labute approximate surface area is 139 Å². The van der Waals surface area contributed by atoms with Crippen molar-refractivity contribution < 1.29 is 24.4 Å². The highest BCUT2D eigenvalue weighted by Gasteiger charge is 2.20. The van der Waals surface area contributed by atoms with E-state index in [0.717, 1.165) is 12.1 Å². The maximum atomic E-state index is 11.8. The van der Waals surface area contributed by atoms with Gasteiger partial charge in [0.2, 0.25) is 0 Å². The van der Waals surface area contributed by atoms with Crippen LogP contribution in [0.4, 0.5) is 16.2 Å². The number of rotatable bonds is 6. The molecule has 0 aliphatic rings. The number of amides is 1. The van der Waals surface area contributed by atoms with Crippen LogP contribution in [-0.2, 0) is 4.74 Å². The second-order valence-electron chi connectivity index (χ2n) is 6.12. The molecule has 0 saturated heterocycles. The van der Waals surface area contributed by atoms with Gasteiger partial charge in [-0.25, -0.2) is 9.59 Å². The van der Waals surface area contributed by atoms with E-state index in [1.165, 1.54) is 11.0 Å². The summed E-state index contributed by atoms with van der Waals surface area (Å²) < 4.78 is 5.19. The summed E-state index contributed by atoms with van der Waals surface area (Å²) in [6.45, 7) is 5.69. The lowest BCUT2D eigenvalue weighted by molar-refractivity contribution is -0.384. The molecule has 132 valence electrons. The van der Waals surface area contributed by atoms with Crippen LogP contribution in [0.25, 0.3) is 0 Å². The molecule has 0 saturated carbocycles. The van der Waals surface area contributed by atoms with E-state index >= 15 is 0 Å². The van der Waals surface area contributed by atoms with Crippen molar-refractivity contribution in [2.75, 3.05) is 25.5 Å². The highest BCUT2D eigenvalue weighted by molar-refractivity contribution is 5.94. The van der Waals surface area contributed by atoms with E-state index < -0.39 is 22.6 Å². The number of hydrogen-bond donors (Lipinski definition) is 2. The number of carboxylic acids is 1. The van der Waals surface area contributed by atoms with Crippen LogP contribution < -0.4 is 5.32 Å². The van der Waals surface area contributed by atoms with E-state index in [-0.39, 0.29) is 30.0 Å². The molecule has 1 amide bonds. The first kappa shape index (κ1) is 19.2. The van der Waals surface area contributed by atoms with Crippen molar-refractivity contribution in [1.82, 2.24) is 4.90 Å². The smallest absolute Gasteiger partial charge is 0.410 e. The predicted molar refractivity (Wildman–Crippen MR) is 87.4 cm³/mol. The van der Waals surface area contributed by atoms with Gasteiger partial charge in [-0.3, -0.25) is 10.1 Å². The summed E-state index contributed by atoms with van der Waals surface area (Å²) >= 11 is 0. The summed E-state index contributed by atoms with van der Waals surface area (Å²) in [7, 11) is 1.54. The van der Waals surface area contributed by atoms with Gasteiger partial charge in [-0.2, -0.15) is 0 Å². The molecule has 0 heterocycles. The number of carboxylic acid groups (broad SMARTS) is 1. The summed E-state index contributed by atoms with van der Waals surface area (Å²) in [4.78, 5) is 34.5. The third-order valence-electron chi connectivity index (χ3n) is 2.91. The van der Waals surface area contributed by atoms with Gasteiger partial charge >= 0.3 is 12.1 Å². The number of hydrogen-bond acceptors (Lipinski definition) is 6. The largest absolute Gasteiger partial charge is 0.478 e. The molecule has 9 nitrogen and oxygen atoms in total. The number of nitrogens with one attached hydrogen (secondary N) is 1. The molecule has 0 spiro atoms. The van der Waals surface area contributed by atoms with Crippen LogP contribution in [0.3, 0.4) is 0 Å². The number of ether oxygens (including phenoxy) is 1. The molecule has 1 aromatic rings. The van der Waals surface area contributed by atoms with Gasteiger partial charge in [0.15, 0.2) is 0 Å². The molecule has 9 heteroatoms. The molecule has 0 aliphatic carbocycles. The molecule has 1 aromatic carbocycles. The first-order valence-corrected chi connectivity index (χ1v) is 7.21. The second-order valence-corrected chi connectivity index (χ2v) is 6.12. The number of anilines is 1. The van der Waals surface area contributed by atoms with Gasteiger partial charge in [-0.05, 0) is 26.8 Å². The first-order valence-electron chi connectivity index (χ1n) is 7.21. The van der Waals surface area contributed by atoms with E-state index in [2.05, 4.69) is 5.32 Å². The van der Waals surface area contributed by atoms with Crippen LogP contribution in [0.5, 0.6) is 0 Å². The van der Waals surface area contributed by atoms with Crippen LogP contribution in [0, 0.1) is 10.1 Å². The molecular formula is C15H21N3O6. The Balaban J connectivity index is 2.73. The monoisotopic (exact) mass is 339 g/mol. The van der Waals surface area contributed by atoms with Gasteiger partial charge in [0.05, 0.1) is 16.2 Å². The third-order valence-corrected chi connectivity index (χ3v) is 2.91. The van der Waals surface area contributed by atoms with E-state index in [1.807, 2.05) is 0 Å². The Kier molecular flexibility index (Phi) is 6.10. The SMILES string of the molecule is CN(CCNc1cc([N+](=O)[O-])ccc1C(=O)O)C(=O)OC(C)(C)C. The van der Waals surface area contributed by atoms with Gasteiger partial charge in [-0.1, -0.05) is 0 Å². The fourth-order valence-corrected chi connectivity index (χ4v) is 1.77. The number of carbonyl (C=O) groups is 2. The number of nitro benzene ring substituents is 1. The highest BCUT2D eigenvalue weighted by Crippen LogP contribution is 2.22. The fourth-order valence-electron chi connectivity index (χ4n) is 1.77. The molecular weight excluding hydrogens is 318 g/mol. The average molecular weight is 339 g/mol. The lowest BCUT2D eigenvalue weighted by Crippen LogP contribution is -2.36. The molecule has 0 unspecified atom stereocenters. The number of carbonyl (C=O) groups excluding carboxylic acids is 1. The Morgan fingerprint density at radius 2 is 2.00 bits per heavy atom. The molecule has 1 rings (SSSR count). The average Bonchev–Trinajstić information content (AvgIpc) is 2.44. The fraction of sp³-hybridized carbons (Fsp3) is 0.467. The molecule has 24 heavy (non-hydrogen) atoms. The van der Waals surface area contributed by atoms with Gasteiger partial charge in [0.1, 0.15) is 5.60 Å². The number of likely N-dealkylation sites (N-methyl/N-ethyl adjacent to an activating group) is 1. The highest BCUT2D eigenvalue weighted by atomic mass is 16.6. The quantitative estimate of drug-likeness (QED) is 0.603. The zero-order valence-corrected chi connectivity index (χ0v) is 14.0. The minimum absolute atomic E-state index is 0.0829. The summed E-state index contributed by atoms with van der Waals surface area (Å²) in [6.07, 6.45) is -0.512. The second kappa shape index (κ2) is 7.62. The Hall–Kier alpha value is -2.84. The zero-order chi connectivity index (χ0) is 18.5. The minimum atomic E-state index is -1.20. The van der Waals surface area contributed by atoms with Gasteiger partial charge in [-0.15, -0.1) is 0 Å². The number of nitro groups is 1. The molecule has 0 atom stereocenters. The molecule has 0 fully saturated rings. The standard InChI is InChI=1S/C15H21N3O6/c1-15(2,3)24-14(21)17(4)8-7-16-12-9-10(18(22)23)5-6-11(12)13(19)20/h5-6,9,16H,7-8H2,1-4H3,(H,19,20). The van der Waals surface area contributed by atoms with Crippen molar-refractivity contribution >= 4 is 23.4 Å². The van der Waals surface area contributed by atoms with Gasteiger partial charge in [0, 0.05) is 32.3 Å². The van der Waals surface area contributed by atoms with Crippen molar-refractivity contribution in [2.45, 2.75) is 26.4 Å². The third kappa shape index (κ3) is 5.75. The van der Waals surface area contributed by atoms with E-state index in [9.17, 15) is 19.7 Å². The van der Waals surface area contributed by atoms with Crippen molar-refractivity contribution in [3.8, 4) is 0 Å². The van der Waals surface area contributed by atoms with Gasteiger partial charge < -0.3 is 20.1 Å². The van der Waals surface area contributed by atoms with E-state index in [4.69, 9.17) is 9.84 Å². The maximum Gasteiger partial charge on any atom is 0.410 e. The molecule has 2 N–H and O–H groups in total. The van der Waals surface area contributed by atoms with Crippen molar-refractivity contribution in [2.24, 2.45) is 0 Å². The summed E-state index contributed by atoms with van der Waals surface area (Å²) in [5.74, 6) is -1.20. The number of benzene rings is 1. The van der Waals surface area contributed by atoms with E-state index in [1.54, 1.807) is 27.8 Å². The zero-order valence-electron chi connectivity index (χ0n) is 14.0. The summed E-state index contributed by atoms with van der Waals surface area (Å²) in [6, 6.07) is 3.44. The van der Waals surface area contributed by atoms with Crippen molar-refractivity contribution in [3.05, 3.63) is 33.9 Å². The number of aromatic carboxylic acids is 1. The van der Waals surface area contributed by atoms with Crippen LogP contribution >= 0.6 is 0 Å². The normalized spacial score (nSPS) is 10.8. The first-order chi connectivity index (χ1) is 11.0. The van der Waals surface area contributed by atoms with E-state index in [0.29, 0.717) is 0 Å². The number of non-ortho nitro benzene ring substituents is 1. The van der Waals surface area contributed by atoms with Crippen molar-refractivity contribution in [3.63, 3.8) is 0 Å². The van der Waals surface area contributed by atoms with Crippen LogP contribution in [0.15, 0.2) is 18.2 Å². The topological polar surface area (TPSA) is 122 Å². The summed E-state index contributed by atoms with van der Waals surface area (Å²) in [5.41, 5.74) is -0.798. The predicted octanol–water partition coefficient (Wildman–Crippen LogP) is 2.57. The lowest BCUT2D eigenvalue weighted by Gasteiger charge is -2.24. The van der Waals surface area contributed by atoms with Gasteiger partial charge in [0.25, 0.3) is 5.69 Å². The summed E-state index contributed by atoms with van der Waals surface area (Å²) in [5, 5.41) is 22.7.